The molecule has 0 saturated carbocycles. The molecular weight excluding hydrogens is 248 g/mol. The molecule has 0 bridgehead atoms. The van der Waals surface area contributed by atoms with Crippen molar-refractivity contribution in [1.82, 2.24) is 10.3 Å². The molecule has 1 rings (SSSR count). The number of amides is 1. The van der Waals surface area contributed by atoms with Crippen LogP contribution in [-0.4, -0.2) is 28.5 Å². The summed E-state index contributed by atoms with van der Waals surface area (Å²) < 4.78 is 0. The summed E-state index contributed by atoms with van der Waals surface area (Å²) in [5.41, 5.74) is 6.75. The minimum absolute atomic E-state index is 0.0606. The van der Waals surface area contributed by atoms with E-state index in [-0.39, 0.29) is 16.9 Å². The van der Waals surface area contributed by atoms with Crippen molar-refractivity contribution >= 4 is 28.8 Å². The molecule has 0 aromatic carbocycles. The number of anilines is 1. The average Bonchev–Trinajstić information content (AvgIpc) is 2.36. The van der Waals surface area contributed by atoms with Gasteiger partial charge in [0.2, 0.25) is 5.91 Å². The first-order valence-electron chi connectivity index (χ1n) is 5.85. The van der Waals surface area contributed by atoms with Crippen LogP contribution in [0.2, 0.25) is 0 Å². The highest BCUT2D eigenvalue weighted by Crippen LogP contribution is 2.13. The summed E-state index contributed by atoms with van der Waals surface area (Å²) in [7, 11) is 0. The maximum absolute atomic E-state index is 11.7. The largest absolute Gasteiger partial charge is 0.388 e. The fourth-order valence-electron chi connectivity index (χ4n) is 1.42. The Morgan fingerprint density at radius 3 is 2.94 bits per heavy atom. The van der Waals surface area contributed by atoms with E-state index in [0.717, 1.165) is 6.42 Å². The molecule has 0 fully saturated rings. The van der Waals surface area contributed by atoms with Gasteiger partial charge in [-0.15, -0.1) is 0 Å². The first-order chi connectivity index (χ1) is 8.56. The molecule has 18 heavy (non-hydrogen) atoms. The molecule has 0 spiro atoms. The Labute approximate surface area is 112 Å². The normalized spacial score (nSPS) is 11.7. The number of carbonyl (C=O) groups is 1. The third-order valence-corrected chi connectivity index (χ3v) is 2.55. The number of nitrogens with zero attached hydrogens (tertiary/aromatic N) is 1. The first-order valence-corrected chi connectivity index (χ1v) is 6.26. The van der Waals surface area contributed by atoms with Crippen LogP contribution in [0.15, 0.2) is 18.3 Å². The molecule has 1 unspecified atom stereocenters. The highest BCUT2D eigenvalue weighted by molar-refractivity contribution is 7.80. The Morgan fingerprint density at radius 2 is 2.33 bits per heavy atom. The number of hydrogen-bond acceptors (Lipinski definition) is 4. The third-order valence-electron chi connectivity index (χ3n) is 2.36. The van der Waals surface area contributed by atoms with E-state index >= 15 is 0 Å². The molecule has 1 aromatic heterocycles. The van der Waals surface area contributed by atoms with E-state index in [0.29, 0.717) is 17.9 Å². The summed E-state index contributed by atoms with van der Waals surface area (Å²) in [5.74, 6) is -0.0606. The van der Waals surface area contributed by atoms with Crippen LogP contribution in [0.25, 0.3) is 0 Å². The van der Waals surface area contributed by atoms with E-state index in [1.54, 1.807) is 25.3 Å². The lowest BCUT2D eigenvalue weighted by atomic mass is 10.2. The number of hydrogen-bond donors (Lipinski definition) is 3. The van der Waals surface area contributed by atoms with Gasteiger partial charge < -0.3 is 16.4 Å². The zero-order chi connectivity index (χ0) is 13.5. The predicted molar refractivity (Wildman–Crippen MR) is 76.5 cm³/mol. The Balaban J connectivity index is 2.72. The lowest BCUT2D eigenvalue weighted by Gasteiger charge is -2.16. The number of pyridine rings is 1. The molecule has 0 radical (unpaired) electrons. The summed E-state index contributed by atoms with van der Waals surface area (Å²) in [4.78, 5) is 16.0. The standard InChI is InChI=1S/C12H18N4OS/c1-3-6-15-12(17)8(2)16-9-5-4-7-14-10(9)11(13)18/h4-5,7-8,16H,3,6H2,1-2H3,(H2,13,18)(H,15,17). The predicted octanol–water partition coefficient (Wildman–Crippen LogP) is 1.04. The molecule has 1 heterocycles. The Bertz CT molecular complexity index is 436. The lowest BCUT2D eigenvalue weighted by Crippen LogP contribution is -2.38. The first kappa shape index (κ1) is 14.4. The van der Waals surface area contributed by atoms with Gasteiger partial charge in [-0.3, -0.25) is 9.78 Å². The molecule has 1 aromatic rings. The van der Waals surface area contributed by atoms with Crippen LogP contribution in [0.5, 0.6) is 0 Å². The monoisotopic (exact) mass is 266 g/mol. The van der Waals surface area contributed by atoms with Crippen LogP contribution < -0.4 is 16.4 Å². The maximum Gasteiger partial charge on any atom is 0.242 e. The summed E-state index contributed by atoms with van der Waals surface area (Å²) in [6.45, 7) is 4.45. The Kier molecular flexibility index (Phi) is 5.51. The van der Waals surface area contributed by atoms with Crippen LogP contribution in [0.1, 0.15) is 26.0 Å². The molecule has 0 aliphatic heterocycles. The quantitative estimate of drug-likeness (QED) is 0.670. The fraction of sp³-hybridized carbons (Fsp3) is 0.417. The molecule has 6 heteroatoms. The van der Waals surface area contributed by atoms with E-state index in [1.807, 2.05) is 6.92 Å². The topological polar surface area (TPSA) is 80.0 Å². The highest BCUT2D eigenvalue weighted by Gasteiger charge is 2.14. The Morgan fingerprint density at radius 1 is 1.61 bits per heavy atom. The SMILES string of the molecule is CCCNC(=O)C(C)Nc1cccnc1C(N)=S. The molecule has 1 amide bonds. The van der Waals surface area contributed by atoms with Gasteiger partial charge in [0.15, 0.2) is 0 Å². The fourth-order valence-corrected chi connectivity index (χ4v) is 1.58. The van der Waals surface area contributed by atoms with Crippen LogP contribution in [-0.2, 0) is 4.79 Å². The van der Waals surface area contributed by atoms with Gasteiger partial charge in [-0.1, -0.05) is 19.1 Å². The molecule has 0 aliphatic carbocycles. The van der Waals surface area contributed by atoms with Gasteiger partial charge >= 0.3 is 0 Å². The molecule has 98 valence electrons. The summed E-state index contributed by atoms with van der Waals surface area (Å²) in [6.07, 6.45) is 2.52. The number of thiocarbonyl (C=S) groups is 1. The van der Waals surface area contributed by atoms with Gasteiger partial charge in [-0.05, 0) is 25.5 Å². The van der Waals surface area contributed by atoms with Crippen LogP contribution in [0, 0.1) is 0 Å². The number of nitrogens with two attached hydrogens (primary N) is 1. The van der Waals surface area contributed by atoms with Crippen molar-refractivity contribution in [3.63, 3.8) is 0 Å². The van der Waals surface area contributed by atoms with Gasteiger partial charge in [0.1, 0.15) is 16.7 Å². The van der Waals surface area contributed by atoms with Crippen molar-refractivity contribution in [3.05, 3.63) is 24.0 Å². The third kappa shape index (κ3) is 3.96. The van der Waals surface area contributed by atoms with Crippen molar-refractivity contribution < 1.29 is 4.79 Å². The maximum atomic E-state index is 11.7. The van der Waals surface area contributed by atoms with E-state index in [9.17, 15) is 4.79 Å². The molecule has 1 atom stereocenters. The zero-order valence-corrected chi connectivity index (χ0v) is 11.4. The van der Waals surface area contributed by atoms with E-state index < -0.39 is 0 Å². The van der Waals surface area contributed by atoms with Gasteiger partial charge in [0.25, 0.3) is 0 Å². The van der Waals surface area contributed by atoms with E-state index in [2.05, 4.69) is 15.6 Å². The number of rotatable bonds is 6. The Hall–Kier alpha value is -1.69. The van der Waals surface area contributed by atoms with Gasteiger partial charge in [-0.25, -0.2) is 0 Å². The van der Waals surface area contributed by atoms with Crippen LogP contribution in [0.4, 0.5) is 5.69 Å². The second-order valence-corrected chi connectivity index (χ2v) is 4.36. The minimum atomic E-state index is -0.367. The van der Waals surface area contributed by atoms with E-state index in [1.165, 1.54) is 0 Å². The van der Waals surface area contributed by atoms with E-state index in [4.69, 9.17) is 18.0 Å². The van der Waals surface area contributed by atoms with Crippen LogP contribution >= 0.6 is 12.2 Å². The molecule has 0 saturated heterocycles. The summed E-state index contributed by atoms with van der Waals surface area (Å²) in [5, 5.41) is 5.87. The summed E-state index contributed by atoms with van der Waals surface area (Å²) in [6, 6.07) is 3.19. The van der Waals surface area contributed by atoms with Crippen molar-refractivity contribution in [1.29, 1.82) is 0 Å². The summed E-state index contributed by atoms with van der Waals surface area (Å²) >= 11 is 4.91. The van der Waals surface area contributed by atoms with Crippen molar-refractivity contribution in [3.8, 4) is 0 Å². The molecule has 4 N–H and O–H groups in total. The lowest BCUT2D eigenvalue weighted by molar-refractivity contribution is -0.121. The average molecular weight is 266 g/mol. The van der Waals surface area contributed by atoms with Crippen molar-refractivity contribution in [2.24, 2.45) is 5.73 Å². The molecule has 0 aliphatic rings. The van der Waals surface area contributed by atoms with Gasteiger partial charge in [-0.2, -0.15) is 0 Å². The van der Waals surface area contributed by atoms with Crippen molar-refractivity contribution in [2.75, 3.05) is 11.9 Å². The number of nitrogens with one attached hydrogen (secondary N) is 2. The molecular formula is C12H18N4OS. The second-order valence-electron chi connectivity index (χ2n) is 3.92. The minimum Gasteiger partial charge on any atom is -0.388 e. The zero-order valence-electron chi connectivity index (χ0n) is 10.6. The number of aromatic nitrogens is 1. The smallest absolute Gasteiger partial charge is 0.242 e. The van der Waals surface area contributed by atoms with Crippen molar-refractivity contribution in [2.45, 2.75) is 26.3 Å². The number of carbonyl (C=O) groups excluding carboxylic acids is 1. The van der Waals surface area contributed by atoms with Gasteiger partial charge in [0, 0.05) is 12.7 Å². The second kappa shape index (κ2) is 6.90. The highest BCUT2D eigenvalue weighted by atomic mass is 32.1. The molecule has 5 nitrogen and oxygen atoms in total. The van der Waals surface area contributed by atoms with Gasteiger partial charge in [0.05, 0.1) is 5.69 Å². The van der Waals surface area contributed by atoms with Crippen LogP contribution in [0.3, 0.4) is 0 Å².